The summed E-state index contributed by atoms with van der Waals surface area (Å²) >= 11 is 1.15. The van der Waals surface area contributed by atoms with E-state index in [1.54, 1.807) is 13.8 Å². The number of ether oxygens (including phenoxy) is 1. The first kappa shape index (κ1) is 15.4. The maximum absolute atomic E-state index is 11.8. The van der Waals surface area contributed by atoms with Crippen LogP contribution in [0.4, 0.5) is 5.00 Å². The Kier molecular flexibility index (Phi) is 6.27. The third-order valence-corrected chi connectivity index (χ3v) is 3.22. The van der Waals surface area contributed by atoms with Crippen LogP contribution in [0.2, 0.25) is 0 Å². The normalized spacial score (nSPS) is 10.1. The van der Waals surface area contributed by atoms with E-state index < -0.39 is 5.97 Å². The van der Waals surface area contributed by atoms with Gasteiger partial charge in [-0.15, -0.1) is 0 Å². The molecule has 0 atom stereocenters. The van der Waals surface area contributed by atoms with Crippen LogP contribution in [0, 0.1) is 6.92 Å². The Morgan fingerprint density at radius 2 is 2.11 bits per heavy atom. The number of nitrogens with zero attached hydrogens (tertiary/aromatic N) is 1. The van der Waals surface area contributed by atoms with E-state index in [0.29, 0.717) is 29.4 Å². The van der Waals surface area contributed by atoms with E-state index in [9.17, 15) is 9.59 Å². The lowest BCUT2D eigenvalue weighted by molar-refractivity contribution is -0.119. The van der Waals surface area contributed by atoms with Gasteiger partial charge in [0.1, 0.15) is 10.6 Å². The quantitative estimate of drug-likeness (QED) is 0.743. The molecule has 1 aromatic heterocycles. The summed E-state index contributed by atoms with van der Waals surface area (Å²) in [4.78, 5) is 23.3. The summed E-state index contributed by atoms with van der Waals surface area (Å²) in [6, 6.07) is 0. The molecule has 1 heterocycles. The minimum absolute atomic E-state index is 0.109. The molecule has 1 amide bonds. The first-order valence-electron chi connectivity index (χ1n) is 6.24. The van der Waals surface area contributed by atoms with Crippen LogP contribution in [0.3, 0.4) is 0 Å². The molecule has 0 aliphatic carbocycles. The van der Waals surface area contributed by atoms with Crippen LogP contribution >= 0.6 is 11.5 Å². The molecule has 7 heteroatoms. The number of aryl methyl sites for hydroxylation is 1. The minimum Gasteiger partial charge on any atom is -0.462 e. The van der Waals surface area contributed by atoms with Gasteiger partial charge < -0.3 is 15.4 Å². The fraction of sp³-hybridized carbons (Fsp3) is 0.583. The molecule has 0 saturated heterocycles. The predicted octanol–water partition coefficient (Wildman–Crippen LogP) is 1.57. The molecule has 0 aromatic carbocycles. The first-order chi connectivity index (χ1) is 9.10. The maximum Gasteiger partial charge on any atom is 0.343 e. The topological polar surface area (TPSA) is 80.3 Å². The van der Waals surface area contributed by atoms with Gasteiger partial charge in [0.25, 0.3) is 0 Å². The number of esters is 1. The Balaban J connectivity index is 2.64. The molecule has 19 heavy (non-hydrogen) atoms. The molecule has 0 bridgehead atoms. The fourth-order valence-corrected chi connectivity index (χ4v) is 2.20. The Bertz CT molecular complexity index is 445. The lowest BCUT2D eigenvalue weighted by Crippen LogP contribution is -2.30. The standard InChI is InChI=1S/C12H19N3O3S/c1-4-6-13-9(16)7-14-11-10(8(3)15-19-11)12(17)18-5-2/h14H,4-7H2,1-3H3,(H,13,16). The van der Waals surface area contributed by atoms with Crippen molar-refractivity contribution in [3.05, 3.63) is 11.3 Å². The Labute approximate surface area is 116 Å². The Hall–Kier alpha value is -1.63. The zero-order chi connectivity index (χ0) is 14.3. The smallest absolute Gasteiger partial charge is 0.343 e. The molecular weight excluding hydrogens is 266 g/mol. The van der Waals surface area contributed by atoms with Gasteiger partial charge in [-0.05, 0) is 31.8 Å². The highest BCUT2D eigenvalue weighted by Crippen LogP contribution is 2.24. The van der Waals surface area contributed by atoms with Crippen molar-refractivity contribution in [2.75, 3.05) is 25.0 Å². The van der Waals surface area contributed by atoms with E-state index in [1.807, 2.05) is 6.92 Å². The number of amides is 1. The Morgan fingerprint density at radius 1 is 1.37 bits per heavy atom. The number of carbonyl (C=O) groups excluding carboxylic acids is 2. The van der Waals surface area contributed by atoms with Crippen LogP contribution in [-0.2, 0) is 9.53 Å². The fourth-order valence-electron chi connectivity index (χ4n) is 1.42. The highest BCUT2D eigenvalue weighted by molar-refractivity contribution is 7.10. The van der Waals surface area contributed by atoms with Gasteiger partial charge in [-0.3, -0.25) is 4.79 Å². The van der Waals surface area contributed by atoms with Gasteiger partial charge in [0.15, 0.2) is 0 Å². The second kappa shape index (κ2) is 7.73. The van der Waals surface area contributed by atoms with Gasteiger partial charge in [0.05, 0.1) is 18.8 Å². The third kappa shape index (κ3) is 4.51. The molecule has 0 unspecified atom stereocenters. The monoisotopic (exact) mass is 285 g/mol. The average Bonchev–Trinajstić information content (AvgIpc) is 2.75. The number of aromatic nitrogens is 1. The highest BCUT2D eigenvalue weighted by atomic mass is 32.1. The lowest BCUT2D eigenvalue weighted by atomic mass is 10.2. The number of rotatable bonds is 7. The van der Waals surface area contributed by atoms with Gasteiger partial charge in [-0.1, -0.05) is 6.92 Å². The van der Waals surface area contributed by atoms with Crippen LogP contribution < -0.4 is 10.6 Å². The summed E-state index contributed by atoms with van der Waals surface area (Å²) in [7, 11) is 0. The molecule has 1 aromatic rings. The van der Waals surface area contributed by atoms with Crippen molar-refractivity contribution in [3.8, 4) is 0 Å². The van der Waals surface area contributed by atoms with E-state index >= 15 is 0 Å². The van der Waals surface area contributed by atoms with Crippen molar-refractivity contribution < 1.29 is 14.3 Å². The number of hydrogen-bond acceptors (Lipinski definition) is 6. The van der Waals surface area contributed by atoms with Crippen molar-refractivity contribution in [1.82, 2.24) is 9.69 Å². The van der Waals surface area contributed by atoms with Gasteiger partial charge in [-0.25, -0.2) is 4.79 Å². The van der Waals surface area contributed by atoms with Crippen LogP contribution in [0.25, 0.3) is 0 Å². The van der Waals surface area contributed by atoms with Crippen molar-refractivity contribution in [2.24, 2.45) is 0 Å². The second-order valence-corrected chi connectivity index (χ2v) is 4.67. The van der Waals surface area contributed by atoms with Gasteiger partial charge in [0.2, 0.25) is 5.91 Å². The van der Waals surface area contributed by atoms with Crippen LogP contribution in [-0.4, -0.2) is 35.9 Å². The highest BCUT2D eigenvalue weighted by Gasteiger charge is 2.19. The molecule has 0 aliphatic rings. The largest absolute Gasteiger partial charge is 0.462 e. The van der Waals surface area contributed by atoms with E-state index in [-0.39, 0.29) is 12.5 Å². The minimum atomic E-state index is -0.412. The Morgan fingerprint density at radius 3 is 2.74 bits per heavy atom. The zero-order valence-corrected chi connectivity index (χ0v) is 12.2. The van der Waals surface area contributed by atoms with Gasteiger partial charge >= 0.3 is 5.97 Å². The van der Waals surface area contributed by atoms with Gasteiger partial charge in [0, 0.05) is 6.54 Å². The summed E-state index contributed by atoms with van der Waals surface area (Å²) in [5, 5.41) is 6.25. The van der Waals surface area contributed by atoms with E-state index in [4.69, 9.17) is 4.74 Å². The van der Waals surface area contributed by atoms with Crippen molar-refractivity contribution in [2.45, 2.75) is 27.2 Å². The van der Waals surface area contributed by atoms with E-state index in [1.165, 1.54) is 0 Å². The summed E-state index contributed by atoms with van der Waals surface area (Å²) in [6.07, 6.45) is 0.888. The van der Waals surface area contributed by atoms with Crippen LogP contribution in [0.5, 0.6) is 0 Å². The summed E-state index contributed by atoms with van der Waals surface area (Å²) in [5.41, 5.74) is 1.02. The average molecular weight is 285 g/mol. The summed E-state index contributed by atoms with van der Waals surface area (Å²) in [5.74, 6) is -0.520. The molecule has 1 rings (SSSR count). The predicted molar refractivity (Wildman–Crippen MR) is 74.6 cm³/mol. The van der Waals surface area contributed by atoms with Crippen molar-refractivity contribution in [1.29, 1.82) is 0 Å². The number of hydrogen-bond donors (Lipinski definition) is 2. The molecule has 0 aliphatic heterocycles. The lowest BCUT2D eigenvalue weighted by Gasteiger charge is -2.07. The molecule has 106 valence electrons. The van der Waals surface area contributed by atoms with E-state index in [0.717, 1.165) is 18.0 Å². The van der Waals surface area contributed by atoms with Gasteiger partial charge in [-0.2, -0.15) is 4.37 Å². The number of nitrogens with one attached hydrogen (secondary N) is 2. The molecule has 0 spiro atoms. The molecule has 0 saturated carbocycles. The summed E-state index contributed by atoms with van der Waals surface area (Å²) in [6.45, 7) is 6.55. The molecule has 6 nitrogen and oxygen atoms in total. The number of anilines is 1. The SMILES string of the molecule is CCCNC(=O)CNc1snc(C)c1C(=O)OCC. The van der Waals surface area contributed by atoms with E-state index in [2.05, 4.69) is 15.0 Å². The maximum atomic E-state index is 11.8. The molecule has 0 radical (unpaired) electrons. The van der Waals surface area contributed by atoms with Crippen molar-refractivity contribution >= 4 is 28.4 Å². The molecular formula is C12H19N3O3S. The van der Waals surface area contributed by atoms with Crippen LogP contribution in [0.1, 0.15) is 36.3 Å². The first-order valence-corrected chi connectivity index (χ1v) is 7.01. The summed E-state index contributed by atoms with van der Waals surface area (Å²) < 4.78 is 9.07. The zero-order valence-electron chi connectivity index (χ0n) is 11.4. The second-order valence-electron chi connectivity index (χ2n) is 3.90. The number of carbonyl (C=O) groups is 2. The third-order valence-electron chi connectivity index (χ3n) is 2.32. The molecule has 0 fully saturated rings. The van der Waals surface area contributed by atoms with Crippen molar-refractivity contribution in [3.63, 3.8) is 0 Å². The van der Waals surface area contributed by atoms with Crippen LogP contribution in [0.15, 0.2) is 0 Å². The molecule has 2 N–H and O–H groups in total.